The number of halogens is 1. The summed E-state index contributed by atoms with van der Waals surface area (Å²) in [6.07, 6.45) is 0. The maximum atomic E-state index is 11.4. The van der Waals surface area contributed by atoms with Gasteiger partial charge in [0.1, 0.15) is 12.2 Å². The minimum absolute atomic E-state index is 0.00338. The molecule has 0 atom stereocenters. The Bertz CT molecular complexity index is 791. The molecule has 0 bridgehead atoms. The zero-order valence-electron chi connectivity index (χ0n) is 12.5. The van der Waals surface area contributed by atoms with Crippen LogP contribution < -0.4 is 9.47 Å². The standard InChI is InChI=1S/C16H12ClNO6/c1-10(19)24-15-8-13(18(21)22)12(16(17)20)7-14(15)23-9-11-5-3-2-4-6-11/h2-8H,9H2,1H3. The number of benzene rings is 2. The van der Waals surface area contributed by atoms with Crippen molar-refractivity contribution in [3.63, 3.8) is 0 Å². The smallest absolute Gasteiger partial charge is 0.308 e. The molecule has 0 amide bonds. The molecule has 0 radical (unpaired) electrons. The van der Waals surface area contributed by atoms with E-state index in [1.807, 2.05) is 30.3 Å². The van der Waals surface area contributed by atoms with Crippen LogP contribution in [-0.2, 0) is 11.4 Å². The fourth-order valence-electron chi connectivity index (χ4n) is 1.94. The number of hydrogen-bond acceptors (Lipinski definition) is 6. The van der Waals surface area contributed by atoms with Gasteiger partial charge in [-0.15, -0.1) is 0 Å². The first-order chi connectivity index (χ1) is 11.4. The van der Waals surface area contributed by atoms with Crippen LogP contribution >= 0.6 is 11.6 Å². The van der Waals surface area contributed by atoms with Crippen LogP contribution in [0.4, 0.5) is 5.69 Å². The zero-order chi connectivity index (χ0) is 17.7. The highest BCUT2D eigenvalue weighted by atomic mass is 35.5. The second-order valence-electron chi connectivity index (χ2n) is 4.71. The zero-order valence-corrected chi connectivity index (χ0v) is 13.3. The lowest BCUT2D eigenvalue weighted by molar-refractivity contribution is -0.385. The normalized spacial score (nSPS) is 10.1. The van der Waals surface area contributed by atoms with Crippen molar-refractivity contribution in [3.05, 3.63) is 63.7 Å². The van der Waals surface area contributed by atoms with Gasteiger partial charge in [-0.25, -0.2) is 0 Å². The third-order valence-electron chi connectivity index (χ3n) is 2.96. The van der Waals surface area contributed by atoms with Gasteiger partial charge in [-0.05, 0) is 17.2 Å². The van der Waals surface area contributed by atoms with E-state index >= 15 is 0 Å². The predicted octanol–water partition coefficient (Wildman–Crippen LogP) is 3.48. The summed E-state index contributed by atoms with van der Waals surface area (Å²) in [6.45, 7) is 1.26. The minimum atomic E-state index is -1.01. The van der Waals surface area contributed by atoms with E-state index in [0.29, 0.717) is 0 Å². The Kier molecular flexibility index (Phi) is 5.49. The number of nitrogens with zero attached hydrogens (tertiary/aromatic N) is 1. The summed E-state index contributed by atoms with van der Waals surface area (Å²) in [5.74, 6) is -0.839. The van der Waals surface area contributed by atoms with E-state index in [4.69, 9.17) is 21.1 Å². The lowest BCUT2D eigenvalue weighted by atomic mass is 10.1. The molecular formula is C16H12ClNO6. The molecule has 124 valence electrons. The number of hydrogen-bond donors (Lipinski definition) is 0. The molecule has 2 aromatic carbocycles. The summed E-state index contributed by atoms with van der Waals surface area (Å²) in [7, 11) is 0. The highest BCUT2D eigenvalue weighted by Gasteiger charge is 2.24. The van der Waals surface area contributed by atoms with Crippen LogP contribution in [0, 0.1) is 10.1 Å². The van der Waals surface area contributed by atoms with Crippen LogP contribution in [0.3, 0.4) is 0 Å². The molecule has 24 heavy (non-hydrogen) atoms. The Morgan fingerprint density at radius 2 is 1.83 bits per heavy atom. The van der Waals surface area contributed by atoms with Crippen molar-refractivity contribution in [2.75, 3.05) is 0 Å². The number of esters is 1. The van der Waals surface area contributed by atoms with E-state index in [2.05, 4.69) is 0 Å². The number of ether oxygens (including phenoxy) is 2. The molecule has 0 spiro atoms. The minimum Gasteiger partial charge on any atom is -0.485 e. The van der Waals surface area contributed by atoms with Gasteiger partial charge >= 0.3 is 5.97 Å². The monoisotopic (exact) mass is 349 g/mol. The second kappa shape index (κ2) is 7.56. The van der Waals surface area contributed by atoms with Crippen LogP contribution in [0.25, 0.3) is 0 Å². The molecule has 0 aliphatic heterocycles. The molecular weight excluding hydrogens is 338 g/mol. The highest BCUT2D eigenvalue weighted by Crippen LogP contribution is 2.36. The number of rotatable bonds is 6. The van der Waals surface area contributed by atoms with Gasteiger partial charge in [0, 0.05) is 13.0 Å². The van der Waals surface area contributed by atoms with Crippen LogP contribution in [-0.4, -0.2) is 16.1 Å². The molecule has 7 nitrogen and oxygen atoms in total. The third kappa shape index (κ3) is 4.30. The third-order valence-corrected chi connectivity index (χ3v) is 3.16. The lowest BCUT2D eigenvalue weighted by Crippen LogP contribution is -2.07. The first kappa shape index (κ1) is 17.4. The lowest BCUT2D eigenvalue weighted by Gasteiger charge is -2.12. The van der Waals surface area contributed by atoms with Crippen molar-refractivity contribution in [1.82, 2.24) is 0 Å². The summed E-state index contributed by atoms with van der Waals surface area (Å²) >= 11 is 5.39. The van der Waals surface area contributed by atoms with Crippen molar-refractivity contribution in [1.29, 1.82) is 0 Å². The molecule has 2 aromatic rings. The highest BCUT2D eigenvalue weighted by molar-refractivity contribution is 6.68. The van der Waals surface area contributed by atoms with Crippen molar-refractivity contribution in [2.45, 2.75) is 13.5 Å². The van der Waals surface area contributed by atoms with Gasteiger partial charge in [0.05, 0.1) is 11.0 Å². The summed E-state index contributed by atoms with van der Waals surface area (Å²) < 4.78 is 10.5. The second-order valence-corrected chi connectivity index (χ2v) is 5.06. The van der Waals surface area contributed by atoms with Crippen molar-refractivity contribution < 1.29 is 24.0 Å². The van der Waals surface area contributed by atoms with Gasteiger partial charge in [0.2, 0.25) is 0 Å². The molecule has 0 aliphatic carbocycles. The first-order valence-electron chi connectivity index (χ1n) is 6.76. The Morgan fingerprint density at radius 1 is 1.17 bits per heavy atom. The summed E-state index contributed by atoms with van der Waals surface area (Å²) in [5.41, 5.74) is -0.0951. The Hall–Kier alpha value is -2.93. The molecule has 0 aliphatic rings. The molecule has 2 rings (SSSR count). The number of carbonyl (C=O) groups is 2. The van der Waals surface area contributed by atoms with Gasteiger partial charge in [-0.3, -0.25) is 19.7 Å². The molecule has 0 fully saturated rings. The first-order valence-corrected chi connectivity index (χ1v) is 7.13. The molecule has 0 N–H and O–H groups in total. The van der Waals surface area contributed by atoms with Crippen molar-refractivity contribution in [2.24, 2.45) is 0 Å². The van der Waals surface area contributed by atoms with E-state index in [1.54, 1.807) is 0 Å². The number of nitro groups is 1. The largest absolute Gasteiger partial charge is 0.485 e. The Morgan fingerprint density at radius 3 is 2.38 bits per heavy atom. The van der Waals surface area contributed by atoms with Gasteiger partial charge in [0.15, 0.2) is 11.5 Å². The van der Waals surface area contributed by atoms with Gasteiger partial charge in [0.25, 0.3) is 10.9 Å². The number of nitro benzene ring substituents is 1. The summed E-state index contributed by atoms with van der Waals surface area (Å²) in [5, 5.41) is 10.1. The van der Waals surface area contributed by atoms with Crippen LogP contribution in [0.2, 0.25) is 0 Å². The van der Waals surface area contributed by atoms with E-state index in [9.17, 15) is 19.7 Å². The fraction of sp³-hybridized carbons (Fsp3) is 0.125. The molecule has 8 heteroatoms. The average molecular weight is 350 g/mol. The number of carbonyl (C=O) groups excluding carboxylic acids is 2. The molecule has 0 saturated carbocycles. The predicted molar refractivity (Wildman–Crippen MR) is 85.4 cm³/mol. The Balaban J connectivity index is 2.42. The molecule has 0 unspecified atom stereocenters. The van der Waals surface area contributed by atoms with Crippen LogP contribution in [0.1, 0.15) is 22.8 Å². The maximum Gasteiger partial charge on any atom is 0.308 e. The van der Waals surface area contributed by atoms with Gasteiger partial charge in [-0.1, -0.05) is 30.3 Å². The quantitative estimate of drug-likeness (QED) is 0.260. The van der Waals surface area contributed by atoms with Crippen molar-refractivity contribution >= 4 is 28.5 Å². The summed E-state index contributed by atoms with van der Waals surface area (Å²) in [6, 6.07) is 11.1. The van der Waals surface area contributed by atoms with E-state index < -0.39 is 21.8 Å². The maximum absolute atomic E-state index is 11.4. The SMILES string of the molecule is CC(=O)Oc1cc([N+](=O)[O-])c(C(=O)Cl)cc1OCc1ccccc1. The van der Waals surface area contributed by atoms with E-state index in [-0.39, 0.29) is 23.7 Å². The Labute approximate surface area is 141 Å². The summed E-state index contributed by atoms with van der Waals surface area (Å²) in [4.78, 5) is 32.9. The van der Waals surface area contributed by atoms with Crippen molar-refractivity contribution in [3.8, 4) is 11.5 Å². The van der Waals surface area contributed by atoms with Crippen LogP contribution in [0.15, 0.2) is 42.5 Å². The fourth-order valence-corrected chi connectivity index (χ4v) is 2.09. The van der Waals surface area contributed by atoms with E-state index in [1.165, 1.54) is 0 Å². The topological polar surface area (TPSA) is 95.7 Å². The van der Waals surface area contributed by atoms with E-state index in [0.717, 1.165) is 24.6 Å². The van der Waals surface area contributed by atoms with Gasteiger partial charge < -0.3 is 9.47 Å². The van der Waals surface area contributed by atoms with Crippen LogP contribution in [0.5, 0.6) is 11.5 Å². The van der Waals surface area contributed by atoms with Gasteiger partial charge in [-0.2, -0.15) is 0 Å². The average Bonchev–Trinajstić information content (AvgIpc) is 2.53. The molecule has 0 aromatic heterocycles. The molecule has 0 saturated heterocycles. The molecule has 0 heterocycles.